The van der Waals surface area contributed by atoms with E-state index in [9.17, 15) is 0 Å². The summed E-state index contributed by atoms with van der Waals surface area (Å²) in [4.78, 5) is 0. The summed E-state index contributed by atoms with van der Waals surface area (Å²) in [5.74, 6) is 0.314. The molecule has 0 N–H and O–H groups in total. The largest absolute Gasteiger partial charge is 0.416 e. The molecule has 2 atom stereocenters. The van der Waals surface area contributed by atoms with Crippen molar-refractivity contribution in [1.29, 1.82) is 0 Å². The second kappa shape index (κ2) is 8.89. The molecule has 0 aromatic carbocycles. The molecule has 0 amide bonds. The van der Waals surface area contributed by atoms with Crippen molar-refractivity contribution in [1.82, 2.24) is 0 Å². The van der Waals surface area contributed by atoms with Crippen LogP contribution in [0.5, 0.6) is 0 Å². The summed E-state index contributed by atoms with van der Waals surface area (Å²) >= 11 is 0. The Kier molecular flexibility index (Phi) is 8.83. The van der Waals surface area contributed by atoms with E-state index in [-0.39, 0.29) is 16.2 Å². The van der Waals surface area contributed by atoms with Crippen LogP contribution in [0.4, 0.5) is 0 Å². The number of hydrogen-bond donors (Lipinski definition) is 0. The van der Waals surface area contributed by atoms with Gasteiger partial charge in [0.05, 0.1) is 6.10 Å². The Morgan fingerprint density at radius 3 is 1.69 bits per heavy atom. The van der Waals surface area contributed by atoms with Gasteiger partial charge in [0.25, 0.3) is 0 Å². The predicted octanol–water partition coefficient (Wildman–Crippen LogP) is 7.56. The number of rotatable bonds is 8. The van der Waals surface area contributed by atoms with Crippen LogP contribution in [0.3, 0.4) is 0 Å². The summed E-state index contributed by atoms with van der Waals surface area (Å²) < 4.78 is 13.4. The van der Waals surface area contributed by atoms with Gasteiger partial charge in [-0.15, -0.1) is 0 Å². The van der Waals surface area contributed by atoms with Crippen LogP contribution < -0.4 is 0 Å². The summed E-state index contributed by atoms with van der Waals surface area (Å²) in [6, 6.07) is 0. The van der Waals surface area contributed by atoms with Crippen molar-refractivity contribution in [3.8, 4) is 0 Å². The highest BCUT2D eigenvalue weighted by atomic mass is 28.4. The molecule has 0 saturated carbocycles. The molecule has 0 rings (SSSR count). The lowest BCUT2D eigenvalue weighted by molar-refractivity contribution is 0.113. The average molecular weight is 399 g/mol. The van der Waals surface area contributed by atoms with Gasteiger partial charge in [-0.25, -0.2) is 0 Å². The Balaban J connectivity index is 5.51. The van der Waals surface area contributed by atoms with Gasteiger partial charge in [0.2, 0.25) is 0 Å². The number of allylic oxidation sites excluding steroid dienone is 2. The summed E-state index contributed by atoms with van der Waals surface area (Å²) in [5, 5.41) is 0.417. The van der Waals surface area contributed by atoms with Crippen LogP contribution in [0.2, 0.25) is 36.3 Å². The molecular formula is C22H46O2Si2. The molecule has 154 valence electrons. The van der Waals surface area contributed by atoms with Crippen molar-refractivity contribution < 1.29 is 8.85 Å². The summed E-state index contributed by atoms with van der Waals surface area (Å²) in [7, 11) is -3.63. The third-order valence-corrected chi connectivity index (χ3v) is 15.1. The molecule has 26 heavy (non-hydrogen) atoms. The molecule has 0 aliphatic carbocycles. The summed E-state index contributed by atoms with van der Waals surface area (Å²) in [6.45, 7) is 34.3. The van der Waals surface area contributed by atoms with Crippen LogP contribution in [0.1, 0.15) is 62.3 Å². The SMILES string of the molecule is C=C(C)/C=C(\C)[C@@H](O[Si](C)(C)C(C)(C)C)[C@@H](C)CO[Si](C)(C)C(C)(C)C. The molecule has 0 aromatic rings. The van der Waals surface area contributed by atoms with Gasteiger partial charge in [0, 0.05) is 12.5 Å². The Bertz CT molecular complexity index is 505. The third-order valence-electron chi connectivity index (χ3n) is 6.18. The minimum atomic E-state index is -1.87. The van der Waals surface area contributed by atoms with Crippen LogP contribution in [0.25, 0.3) is 0 Å². The Labute approximate surface area is 166 Å². The van der Waals surface area contributed by atoms with E-state index < -0.39 is 16.6 Å². The fraction of sp³-hybridized carbons (Fsp3) is 0.818. The average Bonchev–Trinajstić information content (AvgIpc) is 2.38. The molecule has 0 aliphatic heterocycles. The van der Waals surface area contributed by atoms with E-state index in [2.05, 4.69) is 94.2 Å². The first-order chi connectivity index (χ1) is 11.3. The van der Waals surface area contributed by atoms with Gasteiger partial charge in [0.1, 0.15) is 0 Å². The van der Waals surface area contributed by atoms with Gasteiger partial charge in [-0.3, -0.25) is 0 Å². The van der Waals surface area contributed by atoms with Crippen LogP contribution >= 0.6 is 0 Å². The van der Waals surface area contributed by atoms with Gasteiger partial charge in [0.15, 0.2) is 16.6 Å². The zero-order valence-electron chi connectivity index (χ0n) is 20.0. The van der Waals surface area contributed by atoms with Gasteiger partial charge < -0.3 is 8.85 Å². The van der Waals surface area contributed by atoms with Gasteiger partial charge in [-0.05, 0) is 55.7 Å². The predicted molar refractivity (Wildman–Crippen MR) is 123 cm³/mol. The Morgan fingerprint density at radius 2 is 1.35 bits per heavy atom. The van der Waals surface area contributed by atoms with E-state index in [0.717, 1.165) is 12.2 Å². The van der Waals surface area contributed by atoms with Gasteiger partial charge in [-0.2, -0.15) is 0 Å². The van der Waals surface area contributed by atoms with Gasteiger partial charge >= 0.3 is 0 Å². The maximum atomic E-state index is 6.84. The second-order valence-corrected chi connectivity index (χ2v) is 20.6. The zero-order valence-corrected chi connectivity index (χ0v) is 22.0. The molecule has 0 spiro atoms. The van der Waals surface area contributed by atoms with E-state index in [0.29, 0.717) is 5.92 Å². The topological polar surface area (TPSA) is 18.5 Å². The molecule has 0 aliphatic rings. The fourth-order valence-corrected chi connectivity index (χ4v) is 4.79. The molecule has 0 unspecified atom stereocenters. The highest BCUT2D eigenvalue weighted by molar-refractivity contribution is 6.74. The van der Waals surface area contributed by atoms with Crippen molar-refractivity contribution in [2.75, 3.05) is 6.61 Å². The lowest BCUT2D eigenvalue weighted by Gasteiger charge is -2.42. The van der Waals surface area contributed by atoms with Crippen molar-refractivity contribution >= 4 is 16.6 Å². The van der Waals surface area contributed by atoms with Crippen LogP contribution in [0.15, 0.2) is 23.8 Å². The molecule has 0 saturated heterocycles. The minimum absolute atomic E-state index is 0.0809. The first kappa shape index (κ1) is 25.8. The lowest BCUT2D eigenvalue weighted by Crippen LogP contribution is -2.48. The fourth-order valence-electron chi connectivity index (χ4n) is 2.27. The minimum Gasteiger partial charge on any atom is -0.416 e. The Hall–Kier alpha value is -0.166. The van der Waals surface area contributed by atoms with Crippen molar-refractivity contribution in [3.63, 3.8) is 0 Å². The van der Waals surface area contributed by atoms with E-state index in [1.807, 2.05) is 6.92 Å². The monoisotopic (exact) mass is 398 g/mol. The molecule has 0 fully saturated rings. The van der Waals surface area contributed by atoms with Crippen LogP contribution in [0, 0.1) is 5.92 Å². The second-order valence-electron chi connectivity index (χ2n) is 11.1. The highest BCUT2D eigenvalue weighted by Gasteiger charge is 2.42. The molecular weight excluding hydrogens is 352 g/mol. The number of hydrogen-bond acceptors (Lipinski definition) is 2. The van der Waals surface area contributed by atoms with E-state index in [1.54, 1.807) is 0 Å². The summed E-state index contributed by atoms with van der Waals surface area (Å²) in [5.41, 5.74) is 2.33. The third kappa shape index (κ3) is 7.45. The van der Waals surface area contributed by atoms with E-state index in [4.69, 9.17) is 8.85 Å². The Morgan fingerprint density at radius 1 is 0.923 bits per heavy atom. The van der Waals surface area contributed by atoms with Crippen molar-refractivity contribution in [3.05, 3.63) is 23.8 Å². The molecule has 0 heterocycles. The maximum absolute atomic E-state index is 6.84. The normalized spacial score (nSPS) is 17.2. The van der Waals surface area contributed by atoms with Crippen molar-refractivity contribution in [2.45, 2.75) is 105 Å². The molecule has 0 bridgehead atoms. The zero-order chi connectivity index (χ0) is 21.1. The van der Waals surface area contributed by atoms with Crippen LogP contribution in [-0.2, 0) is 8.85 Å². The smallest absolute Gasteiger partial charge is 0.192 e. The molecule has 4 heteroatoms. The lowest BCUT2D eigenvalue weighted by atomic mass is 9.98. The quantitative estimate of drug-likeness (QED) is 0.310. The maximum Gasteiger partial charge on any atom is 0.192 e. The highest BCUT2D eigenvalue weighted by Crippen LogP contribution is 2.40. The van der Waals surface area contributed by atoms with E-state index in [1.165, 1.54) is 5.57 Å². The van der Waals surface area contributed by atoms with E-state index >= 15 is 0 Å². The first-order valence-corrected chi connectivity index (χ1v) is 15.8. The first-order valence-electron chi connectivity index (χ1n) is 9.97. The van der Waals surface area contributed by atoms with Crippen LogP contribution in [-0.4, -0.2) is 29.3 Å². The molecule has 2 nitrogen and oxygen atoms in total. The standard InChI is InChI=1S/C22H46O2Si2/c1-17(2)15-18(3)20(24-26(13,14)22(8,9)10)19(4)16-23-25(11,12)21(5,6)7/h15,19-20H,1,16H2,2-14H3/b18-15+/t19-,20+/m0/s1. The molecule has 0 radical (unpaired) electrons. The van der Waals surface area contributed by atoms with Gasteiger partial charge in [-0.1, -0.05) is 66.7 Å². The molecule has 0 aromatic heterocycles. The summed E-state index contributed by atoms with van der Waals surface area (Å²) in [6.07, 6.45) is 2.25. The van der Waals surface area contributed by atoms with Crippen molar-refractivity contribution in [2.24, 2.45) is 5.92 Å².